The maximum atomic E-state index is 5.05. The van der Waals surface area contributed by atoms with E-state index in [4.69, 9.17) is 12.2 Å². The molecule has 2 N–H and O–H groups in total. The second kappa shape index (κ2) is 4.03. The van der Waals surface area contributed by atoms with Crippen molar-refractivity contribution >= 4 is 23.4 Å². The van der Waals surface area contributed by atoms with Gasteiger partial charge >= 0.3 is 0 Å². The van der Waals surface area contributed by atoms with E-state index in [2.05, 4.69) is 19.9 Å². The number of pyridine rings is 2. The molecule has 18 heavy (non-hydrogen) atoms. The van der Waals surface area contributed by atoms with Gasteiger partial charge in [0.2, 0.25) is 0 Å². The molecular formula is C13H12N4S. The van der Waals surface area contributed by atoms with Crippen molar-refractivity contribution in [3.63, 3.8) is 0 Å². The zero-order chi connectivity index (χ0) is 12.7. The van der Waals surface area contributed by atoms with Gasteiger partial charge in [-0.25, -0.2) is 4.98 Å². The highest BCUT2D eigenvalue weighted by atomic mass is 32.1. The number of nitrogens with one attached hydrogen (secondary N) is 2. The molecule has 3 aromatic rings. The molecule has 0 fully saturated rings. The van der Waals surface area contributed by atoms with E-state index >= 15 is 0 Å². The lowest BCUT2D eigenvalue weighted by Crippen LogP contribution is -1.90. The number of imidazole rings is 1. The Kier molecular flexibility index (Phi) is 2.48. The summed E-state index contributed by atoms with van der Waals surface area (Å²) in [6.45, 7) is 3.97. The quantitative estimate of drug-likeness (QED) is 0.657. The fourth-order valence-electron chi connectivity index (χ4n) is 2.06. The lowest BCUT2D eigenvalue weighted by atomic mass is 10.1. The van der Waals surface area contributed by atoms with E-state index in [1.54, 1.807) is 0 Å². The van der Waals surface area contributed by atoms with Crippen molar-refractivity contribution in [1.82, 2.24) is 19.9 Å². The molecule has 0 aliphatic heterocycles. The summed E-state index contributed by atoms with van der Waals surface area (Å²) in [5.41, 5.74) is 5.68. The Bertz CT molecular complexity index is 765. The molecule has 3 aromatic heterocycles. The Morgan fingerprint density at radius 3 is 2.44 bits per heavy atom. The fraction of sp³-hybridized carbons (Fsp3) is 0.154. The molecule has 0 unspecified atom stereocenters. The summed E-state index contributed by atoms with van der Waals surface area (Å²) >= 11 is 5.05. The predicted molar refractivity (Wildman–Crippen MR) is 74.0 cm³/mol. The molecule has 0 aliphatic rings. The van der Waals surface area contributed by atoms with Gasteiger partial charge in [0, 0.05) is 17.0 Å². The molecule has 0 aromatic carbocycles. The number of H-pyrrole nitrogens is 2. The number of hydrogen-bond acceptors (Lipinski definition) is 3. The van der Waals surface area contributed by atoms with Crippen molar-refractivity contribution < 1.29 is 0 Å². The van der Waals surface area contributed by atoms with E-state index < -0.39 is 0 Å². The van der Waals surface area contributed by atoms with Crippen LogP contribution in [0, 0.1) is 18.6 Å². The van der Waals surface area contributed by atoms with Crippen LogP contribution >= 0.6 is 12.2 Å². The third-order valence-electron chi connectivity index (χ3n) is 2.75. The van der Waals surface area contributed by atoms with E-state index in [9.17, 15) is 0 Å². The van der Waals surface area contributed by atoms with Crippen LogP contribution in [0.2, 0.25) is 0 Å². The van der Waals surface area contributed by atoms with Crippen molar-refractivity contribution in [1.29, 1.82) is 0 Å². The highest BCUT2D eigenvalue weighted by Crippen LogP contribution is 2.20. The number of hydrogen-bond donors (Lipinski definition) is 2. The Morgan fingerprint density at radius 1 is 1.00 bits per heavy atom. The Labute approximate surface area is 109 Å². The minimum atomic E-state index is 0.594. The van der Waals surface area contributed by atoms with Crippen LogP contribution in [0.3, 0.4) is 0 Å². The van der Waals surface area contributed by atoms with Crippen LogP contribution in [0.15, 0.2) is 24.3 Å². The van der Waals surface area contributed by atoms with Crippen LogP contribution < -0.4 is 0 Å². The molecule has 3 rings (SSSR count). The lowest BCUT2D eigenvalue weighted by Gasteiger charge is -2.03. The molecule has 4 nitrogen and oxygen atoms in total. The fourth-order valence-corrected chi connectivity index (χ4v) is 2.27. The summed E-state index contributed by atoms with van der Waals surface area (Å²) in [4.78, 5) is 15.0. The average molecular weight is 256 g/mol. The number of aromatic amines is 2. The molecule has 90 valence electrons. The van der Waals surface area contributed by atoms with Gasteiger partial charge in [0.25, 0.3) is 0 Å². The number of aryl methyl sites for hydroxylation is 2. The smallest absolute Gasteiger partial charge is 0.176 e. The first-order valence-electron chi connectivity index (χ1n) is 5.66. The van der Waals surface area contributed by atoms with Gasteiger partial charge in [-0.2, -0.15) is 0 Å². The number of nitrogens with zero attached hydrogens (tertiary/aromatic N) is 2. The van der Waals surface area contributed by atoms with Crippen molar-refractivity contribution in [3.8, 4) is 11.3 Å². The second-order valence-corrected chi connectivity index (χ2v) is 4.72. The number of rotatable bonds is 1. The molecule has 0 radical (unpaired) electrons. The van der Waals surface area contributed by atoms with E-state index in [1.807, 2.05) is 38.1 Å². The Balaban J connectivity index is 2.21. The van der Waals surface area contributed by atoms with Crippen LogP contribution in [0.25, 0.3) is 22.4 Å². The van der Waals surface area contributed by atoms with Gasteiger partial charge in [-0.05, 0) is 50.3 Å². The van der Waals surface area contributed by atoms with Crippen molar-refractivity contribution in [3.05, 3.63) is 40.4 Å². The normalized spacial score (nSPS) is 11.0. The minimum absolute atomic E-state index is 0.594. The van der Waals surface area contributed by atoms with E-state index in [0.717, 1.165) is 33.8 Å². The molecular weight excluding hydrogens is 244 g/mol. The third-order valence-corrected chi connectivity index (χ3v) is 2.96. The maximum Gasteiger partial charge on any atom is 0.176 e. The number of fused-ring (bicyclic) bond motifs is 1. The molecule has 0 amide bonds. The van der Waals surface area contributed by atoms with Gasteiger partial charge in [-0.1, -0.05) is 0 Å². The van der Waals surface area contributed by atoms with Crippen molar-refractivity contribution in [2.75, 3.05) is 0 Å². The summed E-state index contributed by atoms with van der Waals surface area (Å²) in [7, 11) is 0. The molecule has 0 spiro atoms. The zero-order valence-electron chi connectivity index (χ0n) is 10.1. The third kappa shape index (κ3) is 1.93. The molecule has 0 saturated heterocycles. The van der Waals surface area contributed by atoms with E-state index in [1.165, 1.54) is 0 Å². The van der Waals surface area contributed by atoms with Crippen LogP contribution in [-0.2, 0) is 0 Å². The largest absolute Gasteiger partial charge is 0.329 e. The first kappa shape index (κ1) is 11.1. The monoisotopic (exact) mass is 256 g/mol. The highest BCUT2D eigenvalue weighted by molar-refractivity contribution is 7.71. The van der Waals surface area contributed by atoms with Crippen LogP contribution in [0.1, 0.15) is 11.4 Å². The molecule has 0 atom stereocenters. The Morgan fingerprint density at radius 2 is 1.72 bits per heavy atom. The predicted octanol–water partition coefficient (Wildman–Crippen LogP) is 3.30. The topological polar surface area (TPSA) is 57.4 Å². The van der Waals surface area contributed by atoms with Gasteiger partial charge in [-0.3, -0.25) is 4.98 Å². The van der Waals surface area contributed by atoms with Gasteiger partial charge in [0.05, 0.1) is 11.2 Å². The van der Waals surface area contributed by atoms with Crippen molar-refractivity contribution in [2.24, 2.45) is 0 Å². The summed E-state index contributed by atoms with van der Waals surface area (Å²) in [5, 5.41) is 0. The summed E-state index contributed by atoms with van der Waals surface area (Å²) in [6, 6.07) is 8.02. The average Bonchev–Trinajstić information content (AvgIpc) is 2.66. The zero-order valence-corrected chi connectivity index (χ0v) is 10.9. The SMILES string of the molecule is Cc1cc(-c2ccc3[nH]c(=S)[nH]c3n2)cc(C)n1. The number of aromatic nitrogens is 4. The first-order chi connectivity index (χ1) is 8.61. The Hall–Kier alpha value is -2.01. The molecule has 0 aliphatic carbocycles. The van der Waals surface area contributed by atoms with Gasteiger partial charge in [0.15, 0.2) is 10.4 Å². The first-order valence-corrected chi connectivity index (χ1v) is 6.07. The van der Waals surface area contributed by atoms with Gasteiger partial charge in [0.1, 0.15) is 0 Å². The van der Waals surface area contributed by atoms with Crippen molar-refractivity contribution in [2.45, 2.75) is 13.8 Å². The standard InChI is InChI=1S/C13H12N4S/c1-7-5-9(6-8(2)14-7)10-3-4-11-12(15-10)17-13(18)16-11/h3-6H,1-2H3,(H2,15,16,17,18). The van der Waals surface area contributed by atoms with Gasteiger partial charge < -0.3 is 9.97 Å². The van der Waals surface area contributed by atoms with E-state index in [-0.39, 0.29) is 0 Å². The highest BCUT2D eigenvalue weighted by Gasteiger charge is 2.04. The van der Waals surface area contributed by atoms with E-state index in [0.29, 0.717) is 4.77 Å². The lowest BCUT2D eigenvalue weighted by molar-refractivity contribution is 1.12. The van der Waals surface area contributed by atoms with Crippen LogP contribution in [0.4, 0.5) is 0 Å². The molecule has 0 saturated carbocycles. The molecule has 3 heterocycles. The second-order valence-electron chi connectivity index (χ2n) is 4.31. The maximum absolute atomic E-state index is 5.05. The summed E-state index contributed by atoms with van der Waals surface area (Å²) in [5.74, 6) is 0. The van der Waals surface area contributed by atoms with Crippen LogP contribution in [-0.4, -0.2) is 19.9 Å². The molecule has 5 heteroatoms. The summed E-state index contributed by atoms with van der Waals surface area (Å²) < 4.78 is 0.594. The summed E-state index contributed by atoms with van der Waals surface area (Å²) in [6.07, 6.45) is 0. The molecule has 0 bridgehead atoms. The minimum Gasteiger partial charge on any atom is -0.329 e. The van der Waals surface area contributed by atoms with Crippen LogP contribution in [0.5, 0.6) is 0 Å². The van der Waals surface area contributed by atoms with Gasteiger partial charge in [-0.15, -0.1) is 0 Å².